The van der Waals surface area contributed by atoms with E-state index in [1.807, 2.05) is 0 Å². The van der Waals surface area contributed by atoms with Crippen LogP contribution in [0.3, 0.4) is 0 Å². The van der Waals surface area contributed by atoms with Crippen LogP contribution in [0.1, 0.15) is 31.2 Å². The molecule has 186 valence electrons. The van der Waals surface area contributed by atoms with Crippen molar-refractivity contribution in [2.75, 3.05) is 5.32 Å². The van der Waals surface area contributed by atoms with Crippen molar-refractivity contribution >= 4 is 45.7 Å². The van der Waals surface area contributed by atoms with E-state index in [2.05, 4.69) is 30.8 Å². The van der Waals surface area contributed by atoms with Crippen molar-refractivity contribution < 1.29 is 14.0 Å². The normalized spacial score (nSPS) is 19.5. The molecule has 6 rings (SSSR count). The zero-order valence-electron chi connectivity index (χ0n) is 19.4. The smallest absolute Gasteiger partial charge is 0.247 e. The maximum atomic E-state index is 15.3. The molecule has 0 saturated carbocycles. The molecule has 2 atom stereocenters. The highest BCUT2D eigenvalue weighted by atomic mass is 35.5. The Labute approximate surface area is 215 Å². The number of hydrogen-bond acceptors (Lipinski definition) is 7. The number of benzene rings is 2. The third-order valence-electron chi connectivity index (χ3n) is 6.83. The van der Waals surface area contributed by atoms with Gasteiger partial charge < -0.3 is 10.2 Å². The van der Waals surface area contributed by atoms with Gasteiger partial charge in [0.25, 0.3) is 0 Å². The van der Waals surface area contributed by atoms with Crippen LogP contribution in [-0.2, 0) is 9.59 Å². The molecule has 2 aromatic heterocycles. The molecule has 1 saturated heterocycles. The van der Waals surface area contributed by atoms with Gasteiger partial charge in [0.15, 0.2) is 5.82 Å². The maximum Gasteiger partial charge on any atom is 0.247 e. The first-order chi connectivity index (χ1) is 18.0. The molecule has 0 spiro atoms. The molecule has 2 aromatic carbocycles. The van der Waals surface area contributed by atoms with Crippen molar-refractivity contribution in [1.82, 2.24) is 35.1 Å². The molecule has 0 radical (unpaired) electrons. The van der Waals surface area contributed by atoms with E-state index >= 15 is 4.39 Å². The van der Waals surface area contributed by atoms with Gasteiger partial charge in [-0.1, -0.05) is 11.6 Å². The number of halogens is 2. The number of aromatic nitrogens is 6. The number of tetrazole rings is 1. The van der Waals surface area contributed by atoms with Gasteiger partial charge in [-0.15, -0.1) is 5.10 Å². The van der Waals surface area contributed by atoms with Gasteiger partial charge in [-0.3, -0.25) is 19.6 Å². The van der Waals surface area contributed by atoms with Crippen molar-refractivity contribution in [3.05, 3.63) is 71.5 Å². The van der Waals surface area contributed by atoms with E-state index in [9.17, 15) is 9.59 Å². The van der Waals surface area contributed by atoms with Crippen LogP contribution in [0, 0.1) is 5.82 Å². The number of nitrogens with zero attached hydrogens (tertiary/aromatic N) is 7. The first kappa shape index (κ1) is 23.2. The van der Waals surface area contributed by atoms with Gasteiger partial charge in [0.05, 0.1) is 21.7 Å². The lowest BCUT2D eigenvalue weighted by Gasteiger charge is -2.27. The van der Waals surface area contributed by atoms with E-state index in [0.717, 1.165) is 5.52 Å². The summed E-state index contributed by atoms with van der Waals surface area (Å²) in [7, 11) is 0. The minimum Gasteiger partial charge on any atom is -0.324 e. The molecule has 1 N–H and O–H groups in total. The fourth-order valence-electron chi connectivity index (χ4n) is 5.15. The van der Waals surface area contributed by atoms with Crippen molar-refractivity contribution in [2.24, 2.45) is 0 Å². The Morgan fingerprint density at radius 3 is 2.73 bits per heavy atom. The van der Waals surface area contributed by atoms with Gasteiger partial charge in [-0.05, 0) is 72.0 Å². The van der Waals surface area contributed by atoms with Crippen LogP contribution in [0.2, 0.25) is 5.02 Å². The minimum atomic E-state index is -0.649. The highest BCUT2D eigenvalue weighted by molar-refractivity contribution is 6.31. The number of fused-ring (bicyclic) bond motifs is 2. The second kappa shape index (κ2) is 9.32. The SMILES string of the molecule is O=C(Nc1ccc2nccnc2c1)C1CCC2CCC(c3c(-n4cnnn4)ccc(Cl)c3F)=CC(=O)N21. The lowest BCUT2D eigenvalue weighted by molar-refractivity contribution is -0.134. The molecule has 2 aliphatic heterocycles. The summed E-state index contributed by atoms with van der Waals surface area (Å²) in [6, 6.07) is 7.53. The molecule has 4 heterocycles. The van der Waals surface area contributed by atoms with Gasteiger partial charge in [-0.2, -0.15) is 4.68 Å². The summed E-state index contributed by atoms with van der Waals surface area (Å²) < 4.78 is 16.6. The van der Waals surface area contributed by atoms with E-state index < -0.39 is 11.9 Å². The van der Waals surface area contributed by atoms with Crippen LogP contribution in [0.25, 0.3) is 22.3 Å². The van der Waals surface area contributed by atoms with E-state index in [0.29, 0.717) is 48.1 Å². The molecular weight excluding hydrogens is 499 g/mol. The number of allylic oxidation sites excluding steroid dienone is 1. The maximum absolute atomic E-state index is 15.3. The number of nitrogens with one attached hydrogen (secondary N) is 1. The van der Waals surface area contributed by atoms with Crippen molar-refractivity contribution in [1.29, 1.82) is 0 Å². The molecular formula is C25H20ClFN8O2. The average Bonchev–Trinajstić information content (AvgIpc) is 3.56. The Balaban J connectivity index is 1.29. The number of hydrogen-bond donors (Lipinski definition) is 1. The first-order valence-electron chi connectivity index (χ1n) is 11.8. The molecule has 10 nitrogen and oxygen atoms in total. The second-order valence-corrected chi connectivity index (χ2v) is 9.37. The largest absolute Gasteiger partial charge is 0.324 e. The highest BCUT2D eigenvalue weighted by Gasteiger charge is 2.41. The summed E-state index contributed by atoms with van der Waals surface area (Å²) in [5.41, 5.74) is 2.99. The lowest BCUT2D eigenvalue weighted by Crippen LogP contribution is -2.45. The van der Waals surface area contributed by atoms with Crippen LogP contribution in [0.5, 0.6) is 0 Å². The zero-order valence-corrected chi connectivity index (χ0v) is 20.1. The fourth-order valence-corrected chi connectivity index (χ4v) is 5.30. The summed E-state index contributed by atoms with van der Waals surface area (Å²) in [6.07, 6.45) is 8.16. The van der Waals surface area contributed by atoms with Crippen molar-refractivity contribution in [3.63, 3.8) is 0 Å². The highest BCUT2D eigenvalue weighted by Crippen LogP contribution is 2.38. The molecule has 4 aromatic rings. The predicted molar refractivity (Wildman–Crippen MR) is 133 cm³/mol. The standard InChI is InChI=1S/C25H20ClFN8O2/c26-17-5-8-20(34-13-30-32-33-34)23(24(17)27)14-1-3-16-4-7-21(35(16)22(36)11-14)25(37)31-15-2-6-18-19(12-15)29-10-9-28-18/h2,5-6,8-13,16,21H,1,3-4,7H2,(H,31,37). The number of amides is 2. The molecule has 37 heavy (non-hydrogen) atoms. The van der Waals surface area contributed by atoms with Crippen LogP contribution in [-0.4, -0.2) is 59.0 Å². The Kier molecular flexibility index (Phi) is 5.84. The van der Waals surface area contributed by atoms with E-state index in [1.165, 1.54) is 23.2 Å². The summed E-state index contributed by atoms with van der Waals surface area (Å²) >= 11 is 6.10. The summed E-state index contributed by atoms with van der Waals surface area (Å²) in [4.78, 5) is 36.8. The van der Waals surface area contributed by atoms with Crippen LogP contribution in [0.4, 0.5) is 10.1 Å². The van der Waals surface area contributed by atoms with Gasteiger partial charge in [0.2, 0.25) is 11.8 Å². The Morgan fingerprint density at radius 2 is 1.92 bits per heavy atom. The monoisotopic (exact) mass is 518 g/mol. The Hall–Kier alpha value is -4.25. The van der Waals surface area contributed by atoms with Gasteiger partial charge >= 0.3 is 0 Å². The number of carbonyl (C=O) groups is 2. The van der Waals surface area contributed by atoms with E-state index in [-0.39, 0.29) is 28.4 Å². The molecule has 2 unspecified atom stereocenters. The average molecular weight is 519 g/mol. The summed E-state index contributed by atoms with van der Waals surface area (Å²) in [5.74, 6) is -1.27. The summed E-state index contributed by atoms with van der Waals surface area (Å²) in [6.45, 7) is 0. The lowest BCUT2D eigenvalue weighted by atomic mass is 9.96. The molecule has 2 aliphatic rings. The molecule has 12 heteroatoms. The molecule has 2 amide bonds. The van der Waals surface area contributed by atoms with Crippen molar-refractivity contribution in [2.45, 2.75) is 37.8 Å². The third kappa shape index (κ3) is 4.20. The fraction of sp³-hybridized carbons (Fsp3) is 0.240. The minimum absolute atomic E-state index is 0.0674. The van der Waals surface area contributed by atoms with Gasteiger partial charge in [-0.25, -0.2) is 4.39 Å². The van der Waals surface area contributed by atoms with Gasteiger partial charge in [0.1, 0.15) is 12.4 Å². The molecule has 0 bridgehead atoms. The Bertz CT molecular complexity index is 1560. The van der Waals surface area contributed by atoms with Crippen LogP contribution >= 0.6 is 11.6 Å². The predicted octanol–water partition coefficient (Wildman–Crippen LogP) is 3.57. The number of carbonyl (C=O) groups excluding carboxylic acids is 2. The van der Waals surface area contributed by atoms with E-state index in [4.69, 9.17) is 11.6 Å². The number of anilines is 1. The first-order valence-corrected chi connectivity index (χ1v) is 12.1. The topological polar surface area (TPSA) is 119 Å². The molecule has 1 fully saturated rings. The van der Waals surface area contributed by atoms with Crippen LogP contribution in [0.15, 0.2) is 55.1 Å². The number of rotatable bonds is 4. The van der Waals surface area contributed by atoms with Crippen LogP contribution < -0.4 is 5.32 Å². The third-order valence-corrected chi connectivity index (χ3v) is 7.12. The van der Waals surface area contributed by atoms with E-state index in [1.54, 1.807) is 41.6 Å². The quantitative estimate of drug-likeness (QED) is 0.438. The molecule has 0 aliphatic carbocycles. The van der Waals surface area contributed by atoms with Crippen molar-refractivity contribution in [3.8, 4) is 5.69 Å². The Morgan fingerprint density at radius 1 is 1.08 bits per heavy atom. The summed E-state index contributed by atoms with van der Waals surface area (Å²) in [5, 5.41) is 14.0. The zero-order chi connectivity index (χ0) is 25.5. The second-order valence-electron chi connectivity index (χ2n) is 8.96. The van der Waals surface area contributed by atoms with Gasteiger partial charge in [0, 0.05) is 35.8 Å².